The van der Waals surface area contributed by atoms with Crippen LogP contribution in [0.5, 0.6) is 0 Å². The minimum atomic E-state index is -0.0495. The van der Waals surface area contributed by atoms with Gasteiger partial charge in [0.05, 0.1) is 6.61 Å². The van der Waals surface area contributed by atoms with Crippen molar-refractivity contribution in [1.29, 1.82) is 0 Å². The van der Waals surface area contributed by atoms with E-state index in [4.69, 9.17) is 4.74 Å². The van der Waals surface area contributed by atoms with Gasteiger partial charge in [-0.25, -0.2) is 0 Å². The molecule has 1 unspecified atom stereocenters. The molecule has 1 atom stereocenters. The van der Waals surface area contributed by atoms with Gasteiger partial charge in [0.2, 0.25) is 0 Å². The molecule has 0 heterocycles. The molecule has 0 aliphatic heterocycles. The lowest BCUT2D eigenvalue weighted by molar-refractivity contribution is -0.144. The zero-order valence-electron chi connectivity index (χ0n) is 12.7. The van der Waals surface area contributed by atoms with Crippen LogP contribution in [0.25, 0.3) is 0 Å². The average Bonchev–Trinajstić information content (AvgIpc) is 2.17. The first kappa shape index (κ1) is 18.8. The maximum atomic E-state index is 11.1. The topological polar surface area (TPSA) is 26.3 Å². The second-order valence-electron chi connectivity index (χ2n) is 5.34. The Hall–Kier alpha value is -0.530. The predicted octanol–water partition coefficient (Wildman–Crippen LogP) is 4.82. The van der Waals surface area contributed by atoms with Crippen molar-refractivity contribution in [2.24, 2.45) is 11.8 Å². The molecule has 104 valence electrons. The number of carbonyl (C=O) groups is 1. The van der Waals surface area contributed by atoms with Crippen molar-refractivity contribution >= 4 is 5.97 Å². The van der Waals surface area contributed by atoms with Crippen LogP contribution in [0.3, 0.4) is 0 Å². The minimum absolute atomic E-state index is 0.0495. The molecule has 17 heavy (non-hydrogen) atoms. The first-order valence-electron chi connectivity index (χ1n) is 7.09. The molecule has 2 heteroatoms. The number of esters is 1. The highest BCUT2D eigenvalue weighted by Gasteiger charge is 2.08. The molecule has 0 aromatic carbocycles. The van der Waals surface area contributed by atoms with Gasteiger partial charge in [-0.1, -0.05) is 60.3 Å². The lowest BCUT2D eigenvalue weighted by Crippen LogP contribution is -2.09. The van der Waals surface area contributed by atoms with Gasteiger partial charge < -0.3 is 4.74 Å². The molecule has 0 aliphatic rings. The first-order valence-corrected chi connectivity index (χ1v) is 7.09. The molecule has 0 aromatic rings. The summed E-state index contributed by atoms with van der Waals surface area (Å²) in [6.07, 6.45) is 5.47. The van der Waals surface area contributed by atoms with Gasteiger partial charge in [0.15, 0.2) is 0 Å². The number of ether oxygens (including phenoxy) is 1. The van der Waals surface area contributed by atoms with Crippen LogP contribution in [0, 0.1) is 11.8 Å². The largest absolute Gasteiger partial charge is 0.466 e. The number of carbonyl (C=O) groups excluding carboxylic acids is 1. The second kappa shape index (κ2) is 13.5. The highest BCUT2D eigenvalue weighted by atomic mass is 16.5. The van der Waals surface area contributed by atoms with E-state index in [1.165, 1.54) is 19.3 Å². The predicted molar refractivity (Wildman–Crippen MR) is 75.1 cm³/mol. The molecule has 0 aromatic heterocycles. The summed E-state index contributed by atoms with van der Waals surface area (Å²) < 4.78 is 4.88. The van der Waals surface area contributed by atoms with Crippen LogP contribution in [0.4, 0.5) is 0 Å². The highest BCUT2D eigenvalue weighted by Crippen LogP contribution is 2.13. The standard InChI is InChI=1S/C11H22O2.C4H10/c1-4-6-7-8-10(3)9-11(12)13-5-2;1-4(2)3/h10H,4-9H2,1-3H3;4H,1-3H3. The third kappa shape index (κ3) is 21.3. The number of hydrogen-bond donors (Lipinski definition) is 0. The molecule has 0 saturated carbocycles. The third-order valence-corrected chi connectivity index (χ3v) is 2.12. The summed E-state index contributed by atoms with van der Waals surface area (Å²) in [5, 5.41) is 0. The second-order valence-corrected chi connectivity index (χ2v) is 5.34. The van der Waals surface area contributed by atoms with Gasteiger partial charge in [0.25, 0.3) is 0 Å². The van der Waals surface area contributed by atoms with Crippen LogP contribution >= 0.6 is 0 Å². The van der Waals surface area contributed by atoms with Crippen LogP contribution in [0.15, 0.2) is 0 Å². The quantitative estimate of drug-likeness (QED) is 0.474. The van der Waals surface area contributed by atoms with Gasteiger partial charge in [0, 0.05) is 6.42 Å². The van der Waals surface area contributed by atoms with Gasteiger partial charge in [-0.15, -0.1) is 0 Å². The van der Waals surface area contributed by atoms with Crippen molar-refractivity contribution in [2.45, 2.75) is 73.6 Å². The normalized spacial score (nSPS) is 11.7. The van der Waals surface area contributed by atoms with Gasteiger partial charge in [0.1, 0.15) is 0 Å². The van der Waals surface area contributed by atoms with E-state index >= 15 is 0 Å². The van der Waals surface area contributed by atoms with Gasteiger partial charge in [-0.3, -0.25) is 4.79 Å². The summed E-state index contributed by atoms with van der Waals surface area (Å²) in [5.41, 5.74) is 0. The van der Waals surface area contributed by atoms with Crippen molar-refractivity contribution in [1.82, 2.24) is 0 Å². The van der Waals surface area contributed by atoms with E-state index in [-0.39, 0.29) is 5.97 Å². The van der Waals surface area contributed by atoms with E-state index in [1.807, 2.05) is 6.92 Å². The van der Waals surface area contributed by atoms with E-state index in [9.17, 15) is 4.79 Å². The highest BCUT2D eigenvalue weighted by molar-refractivity contribution is 5.69. The Bertz CT molecular complexity index is 162. The summed E-state index contributed by atoms with van der Waals surface area (Å²) in [6, 6.07) is 0. The van der Waals surface area contributed by atoms with Crippen molar-refractivity contribution in [2.75, 3.05) is 6.61 Å². The maximum absolute atomic E-state index is 11.1. The Balaban J connectivity index is 0. The maximum Gasteiger partial charge on any atom is 0.306 e. The molecule has 0 N–H and O–H groups in total. The van der Waals surface area contributed by atoms with Crippen LogP contribution in [0.2, 0.25) is 0 Å². The lowest BCUT2D eigenvalue weighted by atomic mass is 10.0. The molecular formula is C15H32O2. The molecule has 0 saturated heterocycles. The zero-order chi connectivity index (χ0) is 13.7. The summed E-state index contributed by atoms with van der Waals surface area (Å²) >= 11 is 0. The van der Waals surface area contributed by atoms with Crippen molar-refractivity contribution in [3.63, 3.8) is 0 Å². The smallest absolute Gasteiger partial charge is 0.306 e. The molecule has 0 aliphatic carbocycles. The fourth-order valence-electron chi connectivity index (χ4n) is 1.35. The SMILES string of the molecule is CC(C)C.CCCCCC(C)CC(=O)OCC. The number of unbranched alkanes of at least 4 members (excludes halogenated alkanes) is 2. The van der Waals surface area contributed by atoms with Crippen molar-refractivity contribution < 1.29 is 9.53 Å². The summed E-state index contributed by atoms with van der Waals surface area (Å²) in [7, 11) is 0. The van der Waals surface area contributed by atoms with Gasteiger partial charge in [-0.05, 0) is 18.8 Å². The number of rotatable bonds is 7. The average molecular weight is 244 g/mol. The van der Waals surface area contributed by atoms with Crippen LogP contribution < -0.4 is 0 Å². The van der Waals surface area contributed by atoms with E-state index in [0.29, 0.717) is 18.9 Å². The molecule has 0 bridgehead atoms. The van der Waals surface area contributed by atoms with Crippen LogP contribution in [-0.4, -0.2) is 12.6 Å². The molecule has 0 spiro atoms. The van der Waals surface area contributed by atoms with E-state index in [1.54, 1.807) is 0 Å². The Morgan fingerprint density at radius 2 is 1.59 bits per heavy atom. The monoisotopic (exact) mass is 244 g/mol. The number of hydrogen-bond acceptors (Lipinski definition) is 2. The zero-order valence-corrected chi connectivity index (χ0v) is 12.7. The van der Waals surface area contributed by atoms with E-state index in [0.717, 1.165) is 12.3 Å². The molecule has 0 fully saturated rings. The van der Waals surface area contributed by atoms with Crippen LogP contribution in [-0.2, 0) is 9.53 Å². The molecule has 2 nitrogen and oxygen atoms in total. The summed E-state index contributed by atoms with van der Waals surface area (Å²) in [5.74, 6) is 1.26. The van der Waals surface area contributed by atoms with E-state index in [2.05, 4.69) is 34.6 Å². The van der Waals surface area contributed by atoms with E-state index < -0.39 is 0 Å². The minimum Gasteiger partial charge on any atom is -0.466 e. The van der Waals surface area contributed by atoms with Crippen LogP contribution in [0.1, 0.15) is 73.6 Å². The lowest BCUT2D eigenvalue weighted by Gasteiger charge is -2.09. The first-order chi connectivity index (χ1) is 7.93. The summed E-state index contributed by atoms with van der Waals surface area (Å²) in [4.78, 5) is 11.1. The van der Waals surface area contributed by atoms with Gasteiger partial charge in [-0.2, -0.15) is 0 Å². The molecule has 0 radical (unpaired) electrons. The Kier molecular flexibility index (Phi) is 15.0. The Labute approximate surface area is 108 Å². The van der Waals surface area contributed by atoms with Crippen molar-refractivity contribution in [3.05, 3.63) is 0 Å². The summed E-state index contributed by atoms with van der Waals surface area (Å²) in [6.45, 7) is 13.2. The Morgan fingerprint density at radius 3 is 2.00 bits per heavy atom. The third-order valence-electron chi connectivity index (χ3n) is 2.12. The molecule has 0 rings (SSSR count). The van der Waals surface area contributed by atoms with Gasteiger partial charge >= 0.3 is 5.97 Å². The fraction of sp³-hybridized carbons (Fsp3) is 0.933. The fourth-order valence-corrected chi connectivity index (χ4v) is 1.35. The molecule has 0 amide bonds. The Morgan fingerprint density at radius 1 is 1.06 bits per heavy atom. The molecular weight excluding hydrogens is 212 g/mol. The van der Waals surface area contributed by atoms with Crippen molar-refractivity contribution in [3.8, 4) is 0 Å².